The van der Waals surface area contributed by atoms with Crippen LogP contribution in [0.15, 0.2) is 22.6 Å². The molecule has 0 radical (unpaired) electrons. The molecule has 2 aliphatic rings. The minimum absolute atomic E-state index is 0.126. The first kappa shape index (κ1) is 17.4. The molecule has 140 valence electrons. The van der Waals surface area contributed by atoms with E-state index in [1.807, 2.05) is 12.1 Å². The molecular weight excluding hydrogens is 328 g/mol. The van der Waals surface area contributed by atoms with E-state index in [-0.39, 0.29) is 5.91 Å². The molecule has 0 spiro atoms. The molecular formula is C21H28N2O3. The molecule has 0 saturated heterocycles. The van der Waals surface area contributed by atoms with Crippen molar-refractivity contribution in [2.45, 2.75) is 70.0 Å². The highest BCUT2D eigenvalue weighted by Gasteiger charge is 2.23. The number of amides is 1. The van der Waals surface area contributed by atoms with Gasteiger partial charge in [0.2, 0.25) is 0 Å². The summed E-state index contributed by atoms with van der Waals surface area (Å²) in [5, 5.41) is 7.68. The van der Waals surface area contributed by atoms with Crippen LogP contribution in [0, 0.1) is 0 Å². The van der Waals surface area contributed by atoms with Gasteiger partial charge < -0.3 is 19.8 Å². The van der Waals surface area contributed by atoms with E-state index >= 15 is 0 Å². The number of fused-ring (bicyclic) bond motifs is 1. The predicted molar refractivity (Wildman–Crippen MR) is 102 cm³/mol. The predicted octanol–water partition coefficient (Wildman–Crippen LogP) is 4.15. The van der Waals surface area contributed by atoms with E-state index in [0.29, 0.717) is 29.2 Å². The van der Waals surface area contributed by atoms with Crippen molar-refractivity contribution in [3.05, 3.63) is 29.5 Å². The van der Waals surface area contributed by atoms with Gasteiger partial charge in [-0.05, 0) is 49.8 Å². The van der Waals surface area contributed by atoms with Gasteiger partial charge in [0, 0.05) is 24.0 Å². The van der Waals surface area contributed by atoms with Crippen LogP contribution in [0.1, 0.15) is 67.5 Å². The fourth-order valence-corrected chi connectivity index (χ4v) is 3.95. The molecule has 5 heteroatoms. The summed E-state index contributed by atoms with van der Waals surface area (Å²) in [5.41, 5.74) is 1.81. The first-order chi connectivity index (χ1) is 12.7. The summed E-state index contributed by atoms with van der Waals surface area (Å²) >= 11 is 0. The van der Waals surface area contributed by atoms with E-state index in [1.54, 1.807) is 7.11 Å². The van der Waals surface area contributed by atoms with E-state index in [4.69, 9.17) is 9.15 Å². The number of benzene rings is 1. The van der Waals surface area contributed by atoms with Gasteiger partial charge in [-0.25, -0.2) is 0 Å². The minimum atomic E-state index is -0.126. The van der Waals surface area contributed by atoms with Crippen LogP contribution >= 0.6 is 0 Å². The Bertz CT molecular complexity index is 773. The monoisotopic (exact) mass is 356 g/mol. The Kier molecular flexibility index (Phi) is 5.16. The Morgan fingerprint density at radius 1 is 1.12 bits per heavy atom. The summed E-state index contributed by atoms with van der Waals surface area (Å²) in [6.07, 6.45) is 9.79. The first-order valence-electron chi connectivity index (χ1n) is 9.88. The number of methoxy groups -OCH3 is 1. The van der Waals surface area contributed by atoms with E-state index in [2.05, 4.69) is 16.7 Å². The maximum Gasteiger partial charge on any atom is 0.287 e. The number of carbonyl (C=O) groups excluding carboxylic acids is 1. The average molecular weight is 356 g/mol. The average Bonchev–Trinajstić information content (AvgIpc) is 3.09. The third-order valence-electron chi connectivity index (χ3n) is 5.81. The van der Waals surface area contributed by atoms with Crippen LogP contribution in [0.25, 0.3) is 11.0 Å². The normalized spacial score (nSPS) is 18.7. The molecule has 1 heterocycles. The molecule has 2 aromatic rings. The summed E-state index contributed by atoms with van der Waals surface area (Å²) < 4.78 is 11.3. The minimum Gasteiger partial charge on any atom is -0.493 e. The van der Waals surface area contributed by atoms with Crippen LogP contribution in [-0.4, -0.2) is 25.1 Å². The van der Waals surface area contributed by atoms with Gasteiger partial charge in [-0.3, -0.25) is 4.79 Å². The molecule has 5 nitrogen and oxygen atoms in total. The summed E-state index contributed by atoms with van der Waals surface area (Å²) in [7, 11) is 1.63. The SMILES string of the molecule is COc1ccc(CNC2CCCCC2)c2cc(C(=O)NC3CCC3)oc12. The lowest BCUT2D eigenvalue weighted by Gasteiger charge is -2.25. The highest BCUT2D eigenvalue weighted by atomic mass is 16.5. The lowest BCUT2D eigenvalue weighted by atomic mass is 9.93. The van der Waals surface area contributed by atoms with Crippen LogP contribution in [0.2, 0.25) is 0 Å². The Morgan fingerprint density at radius 2 is 1.88 bits per heavy atom. The van der Waals surface area contributed by atoms with E-state index in [0.717, 1.165) is 30.3 Å². The Hall–Kier alpha value is -2.01. The summed E-state index contributed by atoms with van der Waals surface area (Å²) in [4.78, 5) is 12.5. The number of ether oxygens (including phenoxy) is 1. The maximum absolute atomic E-state index is 12.5. The Balaban J connectivity index is 1.55. The van der Waals surface area contributed by atoms with E-state index < -0.39 is 0 Å². The number of rotatable bonds is 6. The second-order valence-electron chi connectivity index (χ2n) is 7.60. The van der Waals surface area contributed by atoms with Crippen LogP contribution in [0.3, 0.4) is 0 Å². The Labute approximate surface area is 154 Å². The number of hydrogen-bond donors (Lipinski definition) is 2. The zero-order valence-corrected chi connectivity index (χ0v) is 15.5. The first-order valence-corrected chi connectivity index (χ1v) is 9.88. The van der Waals surface area contributed by atoms with Crippen LogP contribution in [-0.2, 0) is 6.54 Å². The van der Waals surface area contributed by atoms with Gasteiger partial charge in [0.25, 0.3) is 5.91 Å². The van der Waals surface area contributed by atoms with Gasteiger partial charge in [0.05, 0.1) is 7.11 Å². The molecule has 2 fully saturated rings. The zero-order valence-electron chi connectivity index (χ0n) is 15.5. The summed E-state index contributed by atoms with van der Waals surface area (Å²) in [5.74, 6) is 0.915. The fraction of sp³-hybridized carbons (Fsp3) is 0.571. The zero-order chi connectivity index (χ0) is 17.9. The molecule has 0 bridgehead atoms. The van der Waals surface area contributed by atoms with Gasteiger partial charge in [-0.2, -0.15) is 0 Å². The molecule has 2 aliphatic carbocycles. The van der Waals surface area contributed by atoms with Crippen molar-refractivity contribution in [2.75, 3.05) is 7.11 Å². The van der Waals surface area contributed by atoms with Crippen molar-refractivity contribution < 1.29 is 13.9 Å². The van der Waals surface area contributed by atoms with Crippen LogP contribution < -0.4 is 15.4 Å². The van der Waals surface area contributed by atoms with E-state index in [1.165, 1.54) is 38.5 Å². The molecule has 1 aromatic heterocycles. The molecule has 0 unspecified atom stereocenters. The van der Waals surface area contributed by atoms with Crippen molar-refractivity contribution >= 4 is 16.9 Å². The molecule has 2 N–H and O–H groups in total. The van der Waals surface area contributed by atoms with Crippen molar-refractivity contribution in [3.63, 3.8) is 0 Å². The molecule has 1 aromatic carbocycles. The van der Waals surface area contributed by atoms with Crippen LogP contribution in [0.5, 0.6) is 5.75 Å². The molecule has 26 heavy (non-hydrogen) atoms. The molecule has 1 amide bonds. The highest BCUT2D eigenvalue weighted by Crippen LogP contribution is 2.32. The molecule has 0 aliphatic heterocycles. The van der Waals surface area contributed by atoms with Crippen molar-refractivity contribution in [2.24, 2.45) is 0 Å². The van der Waals surface area contributed by atoms with Crippen molar-refractivity contribution in [3.8, 4) is 5.75 Å². The fourth-order valence-electron chi connectivity index (χ4n) is 3.95. The van der Waals surface area contributed by atoms with Gasteiger partial charge in [-0.1, -0.05) is 25.3 Å². The summed E-state index contributed by atoms with van der Waals surface area (Å²) in [6, 6.07) is 6.75. The number of nitrogens with one attached hydrogen (secondary N) is 2. The molecule has 4 rings (SSSR count). The third-order valence-corrected chi connectivity index (χ3v) is 5.81. The maximum atomic E-state index is 12.5. The molecule has 2 saturated carbocycles. The van der Waals surface area contributed by atoms with Gasteiger partial charge >= 0.3 is 0 Å². The smallest absolute Gasteiger partial charge is 0.287 e. The van der Waals surface area contributed by atoms with E-state index in [9.17, 15) is 4.79 Å². The van der Waals surface area contributed by atoms with Gasteiger partial charge in [0.1, 0.15) is 0 Å². The number of carbonyl (C=O) groups is 1. The highest BCUT2D eigenvalue weighted by molar-refractivity contribution is 5.98. The number of hydrogen-bond acceptors (Lipinski definition) is 4. The standard InChI is InChI=1S/C21H28N2O3/c1-25-18-11-10-14(13-22-15-6-3-2-4-7-15)17-12-19(26-20(17)18)21(24)23-16-8-5-9-16/h10-12,15-16,22H,2-9,13H2,1H3,(H,23,24). The topological polar surface area (TPSA) is 63.5 Å². The quantitative estimate of drug-likeness (QED) is 0.816. The van der Waals surface area contributed by atoms with Gasteiger partial charge in [0.15, 0.2) is 17.1 Å². The summed E-state index contributed by atoms with van der Waals surface area (Å²) in [6.45, 7) is 0.786. The second kappa shape index (κ2) is 7.70. The van der Waals surface area contributed by atoms with Crippen LogP contribution in [0.4, 0.5) is 0 Å². The molecule has 0 atom stereocenters. The van der Waals surface area contributed by atoms with Crippen molar-refractivity contribution in [1.29, 1.82) is 0 Å². The Morgan fingerprint density at radius 3 is 2.58 bits per heavy atom. The van der Waals surface area contributed by atoms with Gasteiger partial charge in [-0.15, -0.1) is 0 Å². The van der Waals surface area contributed by atoms with Crippen molar-refractivity contribution in [1.82, 2.24) is 10.6 Å². The largest absolute Gasteiger partial charge is 0.493 e. The third kappa shape index (κ3) is 3.58. The second-order valence-corrected chi connectivity index (χ2v) is 7.60. The lowest BCUT2D eigenvalue weighted by Crippen LogP contribution is -2.39. The number of furan rings is 1. The lowest BCUT2D eigenvalue weighted by molar-refractivity contribution is 0.0890.